The topological polar surface area (TPSA) is 113 Å². The first-order valence-electron chi connectivity index (χ1n) is 16.0. The van der Waals surface area contributed by atoms with Gasteiger partial charge in [-0.05, 0) is 82.5 Å². The van der Waals surface area contributed by atoms with Gasteiger partial charge in [-0.25, -0.2) is 13.2 Å². The van der Waals surface area contributed by atoms with E-state index in [4.69, 9.17) is 13.9 Å². The van der Waals surface area contributed by atoms with E-state index in [-0.39, 0.29) is 23.3 Å². The van der Waals surface area contributed by atoms with Crippen LogP contribution in [0.15, 0.2) is 82.1 Å². The maximum atomic E-state index is 14.3. The Morgan fingerprint density at radius 1 is 0.979 bits per heavy atom. The molecule has 2 heterocycles. The average molecular weight is 664 g/mol. The van der Waals surface area contributed by atoms with E-state index in [2.05, 4.69) is 4.90 Å². The summed E-state index contributed by atoms with van der Waals surface area (Å²) in [6, 6.07) is 22.2. The number of aliphatic hydroxyl groups is 1. The molecule has 1 fully saturated rings. The Bertz CT molecular complexity index is 1760. The number of ether oxygens (including phenoxy) is 2. The van der Waals surface area contributed by atoms with E-state index in [0.29, 0.717) is 54.9 Å². The van der Waals surface area contributed by atoms with Crippen molar-refractivity contribution in [3.8, 4) is 0 Å². The Kier molecular flexibility index (Phi) is 10.6. The van der Waals surface area contributed by atoms with Crippen LogP contribution in [0.3, 0.4) is 0 Å². The predicted molar refractivity (Wildman–Crippen MR) is 182 cm³/mol. The van der Waals surface area contributed by atoms with Crippen LogP contribution < -0.4 is 4.31 Å². The lowest BCUT2D eigenvalue weighted by atomic mass is 10.1. The summed E-state index contributed by atoms with van der Waals surface area (Å²) in [6.45, 7) is 13.0. The van der Waals surface area contributed by atoms with Gasteiger partial charge in [0, 0.05) is 56.8 Å². The lowest BCUT2D eigenvalue weighted by Gasteiger charge is -2.35. The van der Waals surface area contributed by atoms with Crippen molar-refractivity contribution in [1.29, 1.82) is 0 Å². The highest BCUT2D eigenvalue weighted by molar-refractivity contribution is 7.92. The highest BCUT2D eigenvalue weighted by atomic mass is 32.2. The van der Waals surface area contributed by atoms with Gasteiger partial charge in [0.15, 0.2) is 5.76 Å². The first-order chi connectivity index (χ1) is 22.4. The predicted octanol–water partition coefficient (Wildman–Crippen LogP) is 6.26. The van der Waals surface area contributed by atoms with Crippen molar-refractivity contribution in [2.75, 3.05) is 43.6 Å². The molecule has 3 aromatic carbocycles. The van der Waals surface area contributed by atoms with Crippen molar-refractivity contribution >= 4 is 32.8 Å². The molecule has 1 aliphatic heterocycles. The molecule has 1 N–H and O–H groups in total. The number of fused-ring (bicyclic) bond motifs is 1. The van der Waals surface area contributed by atoms with Crippen molar-refractivity contribution in [1.82, 2.24) is 9.80 Å². The number of hydrogen-bond acceptors (Lipinski definition) is 8. The van der Waals surface area contributed by atoms with Gasteiger partial charge >= 0.3 is 6.09 Å². The molecule has 1 atom stereocenters. The molecule has 5 rings (SSSR count). The molecule has 0 spiro atoms. The Balaban J connectivity index is 1.35. The molecule has 252 valence electrons. The van der Waals surface area contributed by atoms with Crippen molar-refractivity contribution < 1.29 is 32.2 Å². The molecule has 10 nitrogen and oxygen atoms in total. The molecule has 1 saturated heterocycles. The zero-order valence-corrected chi connectivity index (χ0v) is 28.6. The third-order valence-electron chi connectivity index (χ3n) is 8.18. The summed E-state index contributed by atoms with van der Waals surface area (Å²) in [5, 5.41) is 11.0. The number of sulfonamides is 1. The van der Waals surface area contributed by atoms with Gasteiger partial charge in [0.05, 0.1) is 10.6 Å². The second-order valence-electron chi connectivity index (χ2n) is 12.8. The fourth-order valence-electron chi connectivity index (χ4n) is 5.68. The Labute approximate surface area is 277 Å². The van der Waals surface area contributed by atoms with Crippen molar-refractivity contribution in [2.45, 2.75) is 64.4 Å². The van der Waals surface area contributed by atoms with Crippen LogP contribution in [0.5, 0.6) is 0 Å². The quantitative estimate of drug-likeness (QED) is 0.187. The number of aliphatic hydroxyl groups excluding tert-OH is 1. The van der Waals surface area contributed by atoms with E-state index in [1.807, 2.05) is 75.4 Å². The van der Waals surface area contributed by atoms with Crippen LogP contribution in [0.25, 0.3) is 11.0 Å². The molecule has 0 saturated carbocycles. The minimum atomic E-state index is -3.98. The molecular weight excluding hydrogens is 618 g/mol. The number of furan rings is 1. The van der Waals surface area contributed by atoms with Gasteiger partial charge in [-0.1, -0.05) is 42.5 Å². The van der Waals surface area contributed by atoms with Crippen molar-refractivity contribution in [3.63, 3.8) is 0 Å². The number of hydrogen-bond donors (Lipinski definition) is 1. The SMILES string of the molecule is CCOC(O)c1oc2ccc(S(=O)(=O)N(CCc3ccccc3)c3ccc(CN4CCN(C(=O)OC(C)(C)C)CC4)cc3)cc2c1C. The molecule has 11 heteroatoms. The fraction of sp³-hybridized carbons (Fsp3) is 0.417. The number of piperazine rings is 1. The van der Waals surface area contributed by atoms with Crippen molar-refractivity contribution in [2.24, 2.45) is 0 Å². The summed E-state index contributed by atoms with van der Waals surface area (Å²) in [5.74, 6) is 0.263. The number of amides is 1. The minimum absolute atomic E-state index is 0.131. The third kappa shape index (κ3) is 8.34. The number of nitrogens with zero attached hydrogens (tertiary/aromatic N) is 3. The number of carbonyl (C=O) groups is 1. The standard InChI is InChI=1S/C36H45N3O7S/c1-6-44-34(40)33-26(2)31-24-30(16-17-32(31)45-33)47(42,43)39(19-18-27-10-8-7-9-11-27)29-14-12-28(13-15-29)25-37-20-22-38(23-21-37)35(41)46-36(3,4)5/h7-17,24,34,40H,6,18-23,25H2,1-5H3. The number of anilines is 1. The maximum absolute atomic E-state index is 14.3. The molecule has 0 radical (unpaired) electrons. The van der Waals surface area contributed by atoms with Crippen LogP contribution in [-0.4, -0.2) is 74.3 Å². The zero-order chi connectivity index (χ0) is 33.8. The number of aryl methyl sites for hydroxylation is 1. The Hall–Kier alpha value is -3.90. The first-order valence-corrected chi connectivity index (χ1v) is 17.5. The van der Waals surface area contributed by atoms with Gasteiger partial charge in [-0.15, -0.1) is 0 Å². The molecule has 1 unspecified atom stereocenters. The summed E-state index contributed by atoms with van der Waals surface area (Å²) in [6.07, 6.45) is -0.993. The Morgan fingerprint density at radius 2 is 1.66 bits per heavy atom. The second-order valence-corrected chi connectivity index (χ2v) is 14.6. The monoisotopic (exact) mass is 663 g/mol. The molecule has 0 bridgehead atoms. The van der Waals surface area contributed by atoms with Crippen LogP contribution in [-0.2, 0) is 32.5 Å². The van der Waals surface area contributed by atoms with E-state index in [1.54, 1.807) is 30.9 Å². The normalized spacial score (nSPS) is 15.1. The van der Waals surface area contributed by atoms with Gasteiger partial charge in [-0.3, -0.25) is 9.21 Å². The van der Waals surface area contributed by atoms with Crippen LogP contribution >= 0.6 is 0 Å². The molecule has 1 aliphatic rings. The molecule has 4 aromatic rings. The Morgan fingerprint density at radius 3 is 2.30 bits per heavy atom. The molecule has 0 aliphatic carbocycles. The molecule has 1 aromatic heterocycles. The molecule has 47 heavy (non-hydrogen) atoms. The summed E-state index contributed by atoms with van der Waals surface area (Å²) < 4.78 is 46.7. The van der Waals surface area contributed by atoms with Gasteiger partial charge in [-0.2, -0.15) is 0 Å². The summed E-state index contributed by atoms with van der Waals surface area (Å²) >= 11 is 0. The maximum Gasteiger partial charge on any atom is 0.410 e. The van der Waals surface area contributed by atoms with E-state index in [9.17, 15) is 18.3 Å². The third-order valence-corrected chi connectivity index (χ3v) is 10.0. The van der Waals surface area contributed by atoms with E-state index >= 15 is 0 Å². The van der Waals surface area contributed by atoms with E-state index < -0.39 is 21.9 Å². The number of benzene rings is 3. The van der Waals surface area contributed by atoms with Gasteiger partial charge < -0.3 is 23.9 Å². The van der Waals surface area contributed by atoms with Crippen LogP contribution in [0.4, 0.5) is 10.5 Å². The van der Waals surface area contributed by atoms with Gasteiger partial charge in [0.1, 0.15) is 11.2 Å². The van der Waals surface area contributed by atoms with Crippen LogP contribution in [0.2, 0.25) is 0 Å². The van der Waals surface area contributed by atoms with Gasteiger partial charge in [0.2, 0.25) is 6.29 Å². The lowest BCUT2D eigenvalue weighted by Crippen LogP contribution is -2.49. The fourth-order valence-corrected chi connectivity index (χ4v) is 7.17. The average Bonchev–Trinajstić information content (AvgIpc) is 3.37. The lowest BCUT2D eigenvalue weighted by molar-refractivity contribution is -0.110. The largest absolute Gasteiger partial charge is 0.455 e. The number of carbonyl (C=O) groups excluding carboxylic acids is 1. The first kappa shape index (κ1) is 34.4. The zero-order valence-electron chi connectivity index (χ0n) is 27.8. The van der Waals surface area contributed by atoms with Gasteiger partial charge in [0.25, 0.3) is 10.0 Å². The minimum Gasteiger partial charge on any atom is -0.455 e. The summed E-state index contributed by atoms with van der Waals surface area (Å²) in [7, 11) is -3.98. The smallest absolute Gasteiger partial charge is 0.410 e. The number of rotatable bonds is 11. The summed E-state index contributed by atoms with van der Waals surface area (Å²) in [4.78, 5) is 16.6. The highest BCUT2D eigenvalue weighted by Gasteiger charge is 2.28. The van der Waals surface area contributed by atoms with E-state index in [0.717, 1.165) is 24.2 Å². The summed E-state index contributed by atoms with van der Waals surface area (Å²) in [5.41, 5.74) is 3.23. The van der Waals surface area contributed by atoms with Crippen molar-refractivity contribution in [3.05, 3.63) is 95.2 Å². The molecule has 1 amide bonds. The highest BCUT2D eigenvalue weighted by Crippen LogP contribution is 2.33. The van der Waals surface area contributed by atoms with Crippen LogP contribution in [0, 0.1) is 6.92 Å². The molecular formula is C36H45N3O7S. The second kappa shape index (κ2) is 14.5. The van der Waals surface area contributed by atoms with E-state index in [1.165, 1.54) is 10.4 Å². The van der Waals surface area contributed by atoms with Crippen LogP contribution in [0.1, 0.15) is 56.4 Å².